The number of para-hydroxylation sites is 1. The van der Waals surface area contributed by atoms with Crippen molar-refractivity contribution in [1.29, 1.82) is 0 Å². The Morgan fingerprint density at radius 1 is 1.13 bits per heavy atom. The summed E-state index contributed by atoms with van der Waals surface area (Å²) in [6.45, 7) is 2.53. The van der Waals surface area contributed by atoms with E-state index in [-0.39, 0.29) is 16.2 Å². The van der Waals surface area contributed by atoms with Gasteiger partial charge in [0.05, 0.1) is 15.9 Å². The van der Waals surface area contributed by atoms with Crippen molar-refractivity contribution in [3.8, 4) is 11.1 Å². The average molecular weight is 415 g/mol. The van der Waals surface area contributed by atoms with E-state index in [1.54, 1.807) is 28.8 Å². The molecule has 0 spiro atoms. The fourth-order valence-corrected chi connectivity index (χ4v) is 5.08. The summed E-state index contributed by atoms with van der Waals surface area (Å²) in [5.74, 6) is 0.603. The van der Waals surface area contributed by atoms with Gasteiger partial charge in [0.2, 0.25) is 0 Å². The second-order valence-electron chi connectivity index (χ2n) is 7.21. The maximum Gasteiger partial charge on any atom is 0.276 e. The molecule has 0 saturated carbocycles. The van der Waals surface area contributed by atoms with Gasteiger partial charge in [0, 0.05) is 23.1 Å². The summed E-state index contributed by atoms with van der Waals surface area (Å²) in [7, 11) is 0. The molecule has 2 aromatic carbocycles. The number of aryl methyl sites for hydroxylation is 1. The first-order chi connectivity index (χ1) is 14.5. The number of nitrogens with zero attached hydrogens (tertiary/aromatic N) is 3. The average Bonchev–Trinajstić information content (AvgIpc) is 3.30. The minimum Gasteiger partial charge on any atom is -0.292 e. The topological polar surface area (TPSA) is 78.0 Å². The summed E-state index contributed by atoms with van der Waals surface area (Å²) < 4.78 is 1.70. The molecule has 6 nitrogen and oxygen atoms in total. The molecule has 1 aliphatic heterocycles. The van der Waals surface area contributed by atoms with Gasteiger partial charge < -0.3 is 0 Å². The predicted molar refractivity (Wildman–Crippen MR) is 120 cm³/mol. The van der Waals surface area contributed by atoms with Gasteiger partial charge in [-0.1, -0.05) is 42.5 Å². The number of rotatable bonds is 3. The summed E-state index contributed by atoms with van der Waals surface area (Å²) in [5, 5.41) is 12.0. The third-order valence-corrected chi connectivity index (χ3v) is 6.40. The third kappa shape index (κ3) is 2.86. The van der Waals surface area contributed by atoms with Gasteiger partial charge in [-0.05, 0) is 36.6 Å². The van der Waals surface area contributed by atoms with E-state index in [0.717, 1.165) is 21.6 Å². The van der Waals surface area contributed by atoms with Crippen LogP contribution in [0.2, 0.25) is 0 Å². The number of hydrogen-bond donors (Lipinski definition) is 0. The van der Waals surface area contributed by atoms with Crippen molar-refractivity contribution in [2.75, 3.05) is 0 Å². The molecule has 0 fully saturated rings. The first kappa shape index (κ1) is 18.4. The molecule has 1 aliphatic rings. The molecular formula is C23H17N3O3S. The maximum absolute atomic E-state index is 13.4. The highest BCUT2D eigenvalue weighted by atomic mass is 32.1. The molecule has 0 bridgehead atoms. The second-order valence-corrected chi connectivity index (χ2v) is 8.41. The molecule has 0 atom stereocenters. The van der Waals surface area contributed by atoms with Crippen LogP contribution in [0.3, 0.4) is 0 Å². The third-order valence-electron chi connectivity index (χ3n) is 5.41. The minimum absolute atomic E-state index is 0.0465. The van der Waals surface area contributed by atoms with E-state index >= 15 is 0 Å². The number of aromatic nitrogens is 2. The number of fused-ring (bicyclic) bond motifs is 2. The lowest BCUT2D eigenvalue weighted by atomic mass is 10.0. The largest absolute Gasteiger partial charge is 0.292 e. The molecule has 30 heavy (non-hydrogen) atoms. The summed E-state index contributed by atoms with van der Waals surface area (Å²) in [5.41, 5.74) is 3.31. The Labute approximate surface area is 175 Å². The maximum atomic E-state index is 13.4. The van der Waals surface area contributed by atoms with E-state index < -0.39 is 0 Å². The zero-order valence-corrected chi connectivity index (χ0v) is 17.0. The van der Waals surface area contributed by atoms with Gasteiger partial charge in [-0.2, -0.15) is 0 Å². The molecule has 0 radical (unpaired) electrons. The van der Waals surface area contributed by atoms with Crippen LogP contribution in [-0.2, 0) is 6.54 Å². The Morgan fingerprint density at radius 2 is 1.87 bits per heavy atom. The predicted octanol–water partition coefficient (Wildman–Crippen LogP) is 5.29. The lowest BCUT2D eigenvalue weighted by molar-refractivity contribution is -0.385. The molecule has 0 aliphatic carbocycles. The van der Waals surface area contributed by atoms with E-state index in [1.807, 2.05) is 37.3 Å². The quantitative estimate of drug-likeness (QED) is 0.337. The normalized spacial score (nSPS) is 14.4. The summed E-state index contributed by atoms with van der Waals surface area (Å²) >= 11 is 1.51. The summed E-state index contributed by atoms with van der Waals surface area (Å²) in [6, 6.07) is 16.5. The fourth-order valence-electron chi connectivity index (χ4n) is 4.04. The van der Waals surface area contributed by atoms with Crippen molar-refractivity contribution in [2.45, 2.75) is 19.9 Å². The van der Waals surface area contributed by atoms with Gasteiger partial charge in [-0.15, -0.1) is 11.3 Å². The van der Waals surface area contributed by atoms with E-state index in [2.05, 4.69) is 0 Å². The van der Waals surface area contributed by atoms with Crippen LogP contribution < -0.4 is 5.56 Å². The zero-order chi connectivity index (χ0) is 20.8. The van der Waals surface area contributed by atoms with Crippen molar-refractivity contribution in [3.63, 3.8) is 0 Å². The van der Waals surface area contributed by atoms with Crippen molar-refractivity contribution in [1.82, 2.24) is 9.55 Å². The van der Waals surface area contributed by atoms with Crippen LogP contribution in [-0.4, -0.2) is 14.5 Å². The fraction of sp³-hybridized carbons (Fsp3) is 0.130. The first-order valence-corrected chi connectivity index (χ1v) is 10.4. The molecule has 0 amide bonds. The molecule has 2 aromatic heterocycles. The zero-order valence-electron chi connectivity index (χ0n) is 16.2. The first-order valence-electron chi connectivity index (χ1n) is 9.58. The van der Waals surface area contributed by atoms with Crippen LogP contribution in [0.25, 0.3) is 33.0 Å². The molecule has 3 heterocycles. The highest BCUT2D eigenvalue weighted by molar-refractivity contribution is 7.19. The van der Waals surface area contributed by atoms with Crippen LogP contribution in [0.5, 0.6) is 0 Å². The smallest absolute Gasteiger partial charge is 0.276 e. The van der Waals surface area contributed by atoms with E-state index in [1.165, 1.54) is 17.4 Å². The van der Waals surface area contributed by atoms with Gasteiger partial charge in [0.1, 0.15) is 10.7 Å². The summed E-state index contributed by atoms with van der Waals surface area (Å²) in [6.07, 6.45) is 2.40. The van der Waals surface area contributed by atoms with Gasteiger partial charge in [0.25, 0.3) is 11.2 Å². The highest BCUT2D eigenvalue weighted by Crippen LogP contribution is 2.38. The number of allylic oxidation sites excluding steroid dienone is 1. The molecule has 4 aromatic rings. The lowest BCUT2D eigenvalue weighted by Crippen LogP contribution is -2.20. The van der Waals surface area contributed by atoms with Gasteiger partial charge in [0.15, 0.2) is 0 Å². The van der Waals surface area contributed by atoms with Crippen molar-refractivity contribution in [3.05, 3.63) is 91.3 Å². The molecule has 7 heteroatoms. The SMILES string of the molecule is Cc1sc2nc3n(c(=O)c2c1-c1ccccc1)CC/C3=C/c1ccccc1[N+](=O)[O-]. The van der Waals surface area contributed by atoms with Gasteiger partial charge in [-0.3, -0.25) is 19.5 Å². The van der Waals surface area contributed by atoms with E-state index in [0.29, 0.717) is 34.6 Å². The number of benzene rings is 2. The molecule has 0 saturated heterocycles. The minimum atomic E-state index is -0.389. The Morgan fingerprint density at radius 3 is 2.63 bits per heavy atom. The molecule has 5 rings (SSSR count). The Kier molecular flexibility index (Phi) is 4.33. The van der Waals surface area contributed by atoms with Crippen molar-refractivity contribution >= 4 is 38.9 Å². The van der Waals surface area contributed by atoms with Gasteiger partial charge in [-0.25, -0.2) is 4.98 Å². The number of hydrogen-bond acceptors (Lipinski definition) is 5. The van der Waals surface area contributed by atoms with Crippen LogP contribution in [0.4, 0.5) is 5.69 Å². The highest BCUT2D eigenvalue weighted by Gasteiger charge is 2.25. The Hall–Kier alpha value is -3.58. The standard InChI is InChI=1S/C23H17N3O3S/c1-14-19(15-7-3-2-4-8-15)20-22(30-14)24-21-17(11-12-25(21)23(20)27)13-16-9-5-6-10-18(16)26(28)29/h2-10,13H,11-12H2,1H3/b17-13-. The van der Waals surface area contributed by atoms with Crippen LogP contribution in [0, 0.1) is 17.0 Å². The number of nitro benzene ring substituents is 1. The molecular weight excluding hydrogens is 398 g/mol. The molecule has 148 valence electrons. The van der Waals surface area contributed by atoms with Crippen molar-refractivity contribution < 1.29 is 4.92 Å². The Balaban J connectivity index is 1.71. The van der Waals surface area contributed by atoms with Crippen molar-refractivity contribution in [2.24, 2.45) is 0 Å². The lowest BCUT2D eigenvalue weighted by Gasteiger charge is -2.05. The van der Waals surface area contributed by atoms with E-state index in [4.69, 9.17) is 4.98 Å². The Bertz CT molecular complexity index is 1400. The van der Waals surface area contributed by atoms with Crippen LogP contribution >= 0.6 is 11.3 Å². The summed E-state index contributed by atoms with van der Waals surface area (Å²) in [4.78, 5) is 30.9. The number of thiophene rings is 1. The number of nitro groups is 1. The monoisotopic (exact) mass is 415 g/mol. The second kappa shape index (κ2) is 7.03. The van der Waals surface area contributed by atoms with Crippen LogP contribution in [0.15, 0.2) is 59.4 Å². The van der Waals surface area contributed by atoms with Gasteiger partial charge >= 0.3 is 0 Å². The molecule has 0 unspecified atom stereocenters. The van der Waals surface area contributed by atoms with Crippen LogP contribution in [0.1, 0.15) is 22.7 Å². The van der Waals surface area contributed by atoms with E-state index in [9.17, 15) is 14.9 Å². The molecule has 0 N–H and O–H groups in total.